The summed E-state index contributed by atoms with van der Waals surface area (Å²) in [5.74, 6) is 5.36. The molecule has 0 bridgehead atoms. The molecule has 1 heterocycles. The van der Waals surface area contributed by atoms with Crippen molar-refractivity contribution >= 4 is 0 Å². The number of aliphatic hydroxyl groups excluding tert-OH is 1. The summed E-state index contributed by atoms with van der Waals surface area (Å²) in [4.78, 5) is 2.46. The van der Waals surface area contributed by atoms with Crippen molar-refractivity contribution in [3.8, 4) is 11.8 Å². The van der Waals surface area contributed by atoms with E-state index in [1.54, 1.807) is 6.92 Å². The Morgan fingerprint density at radius 3 is 2.42 bits per heavy atom. The molecule has 0 amide bonds. The van der Waals surface area contributed by atoms with Gasteiger partial charge in [-0.05, 0) is 32.9 Å². The molecule has 1 rings (SSSR count). The van der Waals surface area contributed by atoms with Crippen LogP contribution < -0.4 is 0 Å². The summed E-state index contributed by atoms with van der Waals surface area (Å²) in [6.45, 7) is 7.73. The first-order chi connectivity index (χ1) is 9.33. The Labute approximate surface area is 117 Å². The van der Waals surface area contributed by atoms with Crippen LogP contribution in [0.5, 0.6) is 0 Å². The Balaban J connectivity index is 1.81. The Bertz CT molecular complexity index is 266. The van der Waals surface area contributed by atoms with E-state index in [9.17, 15) is 5.11 Å². The maximum Gasteiger partial charge on any atom is 0.116 e. The molecule has 0 aliphatic carbocycles. The predicted molar refractivity (Wildman–Crippen MR) is 76.0 cm³/mol. The molecule has 1 atom stereocenters. The molecule has 4 heteroatoms. The number of piperidine rings is 1. The van der Waals surface area contributed by atoms with Crippen molar-refractivity contribution < 1.29 is 14.6 Å². The normalized spacial score (nSPS) is 17.8. The zero-order valence-electron chi connectivity index (χ0n) is 12.1. The van der Waals surface area contributed by atoms with Gasteiger partial charge < -0.3 is 19.5 Å². The van der Waals surface area contributed by atoms with Crippen LogP contribution in [0.2, 0.25) is 0 Å². The van der Waals surface area contributed by atoms with E-state index in [-0.39, 0.29) is 0 Å². The highest BCUT2D eigenvalue weighted by Gasteiger charge is 2.08. The van der Waals surface area contributed by atoms with E-state index >= 15 is 0 Å². The van der Waals surface area contributed by atoms with Crippen LogP contribution in [0, 0.1) is 11.8 Å². The second-order valence-electron chi connectivity index (χ2n) is 4.83. The van der Waals surface area contributed by atoms with Gasteiger partial charge in [0.2, 0.25) is 0 Å². The Hall–Kier alpha value is -0.600. The number of nitrogens with zero attached hydrogens (tertiary/aromatic N) is 1. The van der Waals surface area contributed by atoms with Crippen molar-refractivity contribution in [3.63, 3.8) is 0 Å². The predicted octanol–water partition coefficient (Wildman–Crippen LogP) is 1.28. The molecule has 0 aromatic rings. The van der Waals surface area contributed by atoms with Crippen LogP contribution in [-0.2, 0) is 9.47 Å². The van der Waals surface area contributed by atoms with Crippen LogP contribution in [-0.4, -0.2) is 62.2 Å². The summed E-state index contributed by atoms with van der Waals surface area (Å²) in [6, 6.07) is 0. The molecule has 1 unspecified atom stereocenters. The first kappa shape index (κ1) is 16.5. The van der Waals surface area contributed by atoms with Crippen LogP contribution in [0.3, 0.4) is 0 Å². The van der Waals surface area contributed by atoms with E-state index in [1.807, 2.05) is 0 Å². The van der Waals surface area contributed by atoms with Gasteiger partial charge in [0.1, 0.15) is 6.10 Å². The second kappa shape index (κ2) is 11.2. The van der Waals surface area contributed by atoms with Crippen LogP contribution in [0.25, 0.3) is 0 Å². The van der Waals surface area contributed by atoms with Crippen molar-refractivity contribution in [3.05, 3.63) is 0 Å². The number of likely N-dealkylation sites (tertiary alicyclic amines) is 1. The quantitative estimate of drug-likeness (QED) is 0.506. The Kier molecular flexibility index (Phi) is 9.74. The lowest BCUT2D eigenvalue weighted by molar-refractivity contribution is 0.0294. The summed E-state index contributed by atoms with van der Waals surface area (Å²) >= 11 is 0. The molecule has 0 saturated carbocycles. The molecule has 1 aliphatic rings. The topological polar surface area (TPSA) is 41.9 Å². The van der Waals surface area contributed by atoms with Gasteiger partial charge >= 0.3 is 0 Å². The minimum Gasteiger partial charge on any atom is -0.380 e. The maximum absolute atomic E-state index is 9.34. The lowest BCUT2D eigenvalue weighted by Crippen LogP contribution is -2.32. The number of ether oxygens (including phenoxy) is 2. The smallest absolute Gasteiger partial charge is 0.116 e. The Morgan fingerprint density at radius 2 is 1.74 bits per heavy atom. The summed E-state index contributed by atoms with van der Waals surface area (Å²) < 4.78 is 10.9. The first-order valence-electron chi connectivity index (χ1n) is 7.31. The third kappa shape index (κ3) is 9.01. The zero-order valence-corrected chi connectivity index (χ0v) is 12.1. The lowest BCUT2D eigenvalue weighted by Gasteiger charge is -2.26. The van der Waals surface area contributed by atoms with Crippen molar-refractivity contribution in [2.24, 2.45) is 0 Å². The van der Waals surface area contributed by atoms with Crippen LogP contribution >= 0.6 is 0 Å². The van der Waals surface area contributed by atoms with Crippen LogP contribution in [0.15, 0.2) is 0 Å². The molecular formula is C15H27NO3. The number of aliphatic hydroxyl groups is 1. The molecule has 0 aromatic heterocycles. The monoisotopic (exact) mass is 269 g/mol. The average Bonchev–Trinajstić information content (AvgIpc) is 2.43. The van der Waals surface area contributed by atoms with Gasteiger partial charge in [-0.2, -0.15) is 0 Å². The van der Waals surface area contributed by atoms with Crippen LogP contribution in [0.4, 0.5) is 0 Å². The highest BCUT2D eigenvalue weighted by Crippen LogP contribution is 2.07. The highest BCUT2D eigenvalue weighted by atomic mass is 16.5. The molecule has 0 radical (unpaired) electrons. The molecule has 1 aliphatic heterocycles. The van der Waals surface area contributed by atoms with Gasteiger partial charge in [-0.1, -0.05) is 12.3 Å². The lowest BCUT2D eigenvalue weighted by atomic mass is 10.1. The minimum atomic E-state index is -0.565. The summed E-state index contributed by atoms with van der Waals surface area (Å²) in [7, 11) is 0. The fraction of sp³-hybridized carbons (Fsp3) is 0.867. The molecule has 0 spiro atoms. The van der Waals surface area contributed by atoms with E-state index < -0.39 is 6.10 Å². The molecule has 1 fully saturated rings. The molecule has 19 heavy (non-hydrogen) atoms. The number of hydrogen-bond acceptors (Lipinski definition) is 4. The summed E-state index contributed by atoms with van der Waals surface area (Å²) in [5.41, 5.74) is 0. The number of rotatable bonds is 9. The SMILES string of the molecule is CC#CC(O)CCOCCOCCN1CCCCC1. The van der Waals surface area contributed by atoms with Crippen LogP contribution in [0.1, 0.15) is 32.6 Å². The highest BCUT2D eigenvalue weighted by molar-refractivity contribution is 5.01. The van der Waals surface area contributed by atoms with Gasteiger partial charge in [-0.15, -0.1) is 5.92 Å². The van der Waals surface area contributed by atoms with Gasteiger partial charge in [-0.25, -0.2) is 0 Å². The Morgan fingerprint density at radius 1 is 1.05 bits per heavy atom. The van der Waals surface area contributed by atoms with Gasteiger partial charge in [0.15, 0.2) is 0 Å². The van der Waals surface area contributed by atoms with Crippen molar-refractivity contribution in [2.45, 2.75) is 38.7 Å². The third-order valence-corrected chi connectivity index (χ3v) is 3.22. The second-order valence-corrected chi connectivity index (χ2v) is 4.83. The van der Waals surface area contributed by atoms with E-state index in [4.69, 9.17) is 9.47 Å². The molecular weight excluding hydrogens is 242 g/mol. The average molecular weight is 269 g/mol. The fourth-order valence-electron chi connectivity index (χ4n) is 2.13. The molecule has 1 saturated heterocycles. The molecule has 110 valence electrons. The van der Waals surface area contributed by atoms with E-state index in [2.05, 4.69) is 16.7 Å². The van der Waals surface area contributed by atoms with Gasteiger partial charge in [0.05, 0.1) is 26.4 Å². The first-order valence-corrected chi connectivity index (χ1v) is 7.31. The van der Waals surface area contributed by atoms with E-state index in [0.717, 1.165) is 13.2 Å². The van der Waals surface area contributed by atoms with E-state index in [0.29, 0.717) is 26.2 Å². The van der Waals surface area contributed by atoms with Gasteiger partial charge in [-0.3, -0.25) is 0 Å². The van der Waals surface area contributed by atoms with Crippen molar-refractivity contribution in [1.82, 2.24) is 4.90 Å². The van der Waals surface area contributed by atoms with Gasteiger partial charge in [0.25, 0.3) is 0 Å². The summed E-state index contributed by atoms with van der Waals surface area (Å²) in [6.07, 6.45) is 4.02. The third-order valence-electron chi connectivity index (χ3n) is 3.22. The molecule has 0 aromatic carbocycles. The maximum atomic E-state index is 9.34. The fourth-order valence-corrected chi connectivity index (χ4v) is 2.13. The minimum absolute atomic E-state index is 0.533. The molecule has 4 nitrogen and oxygen atoms in total. The zero-order chi connectivity index (χ0) is 13.8. The molecule has 1 N–H and O–H groups in total. The summed E-state index contributed by atoms with van der Waals surface area (Å²) in [5, 5.41) is 9.34. The van der Waals surface area contributed by atoms with Crippen molar-refractivity contribution in [1.29, 1.82) is 0 Å². The van der Waals surface area contributed by atoms with E-state index in [1.165, 1.54) is 32.4 Å². The standard InChI is InChI=1S/C15H27NO3/c1-2-6-15(17)7-11-18-13-14-19-12-10-16-8-4-3-5-9-16/h15,17H,3-5,7-14H2,1H3. The van der Waals surface area contributed by atoms with Crippen molar-refractivity contribution in [2.75, 3.05) is 46.1 Å². The van der Waals surface area contributed by atoms with Gasteiger partial charge in [0, 0.05) is 13.0 Å². The number of hydrogen-bond donors (Lipinski definition) is 1. The largest absolute Gasteiger partial charge is 0.380 e.